The van der Waals surface area contributed by atoms with Crippen molar-refractivity contribution < 1.29 is 19.1 Å². The molecule has 0 saturated heterocycles. The Morgan fingerprint density at radius 2 is 0.868 bits per heavy atom. The first-order valence-electron chi connectivity index (χ1n) is 12.0. The average molecular weight is 505 g/mol. The van der Waals surface area contributed by atoms with Gasteiger partial charge in [-0.3, -0.25) is 9.59 Å². The van der Waals surface area contributed by atoms with Crippen LogP contribution in [0.25, 0.3) is 23.3 Å². The average Bonchev–Trinajstić information content (AvgIpc) is 2.96. The van der Waals surface area contributed by atoms with Gasteiger partial charge in [0.25, 0.3) is 0 Å². The first-order chi connectivity index (χ1) is 18.5. The quantitative estimate of drug-likeness (QED) is 0.250. The van der Waals surface area contributed by atoms with E-state index in [9.17, 15) is 9.59 Å². The molecule has 190 valence electrons. The van der Waals surface area contributed by atoms with E-state index in [0.717, 1.165) is 33.8 Å². The smallest absolute Gasteiger partial charge is 0.248 e. The van der Waals surface area contributed by atoms with Crippen molar-refractivity contribution in [3.8, 4) is 22.6 Å². The Bertz CT molecular complexity index is 1310. The molecule has 0 heterocycles. The van der Waals surface area contributed by atoms with E-state index in [1.54, 1.807) is 26.4 Å². The van der Waals surface area contributed by atoms with Crippen LogP contribution in [-0.2, 0) is 9.59 Å². The molecule has 0 fully saturated rings. The Kier molecular flexibility index (Phi) is 8.71. The zero-order chi connectivity index (χ0) is 26.7. The molecule has 0 spiro atoms. The molecule has 4 aromatic carbocycles. The molecule has 6 heteroatoms. The van der Waals surface area contributed by atoms with E-state index in [2.05, 4.69) is 10.6 Å². The van der Waals surface area contributed by atoms with Crippen molar-refractivity contribution in [2.75, 3.05) is 24.9 Å². The van der Waals surface area contributed by atoms with Crippen LogP contribution in [0.4, 0.5) is 11.4 Å². The van der Waals surface area contributed by atoms with Crippen molar-refractivity contribution in [1.82, 2.24) is 0 Å². The molecular weight excluding hydrogens is 476 g/mol. The van der Waals surface area contributed by atoms with Gasteiger partial charge in [-0.05, 0) is 82.9 Å². The molecule has 4 aromatic rings. The maximum atomic E-state index is 12.3. The standard InChI is InChI=1S/C32H28N2O4/c1-37-29-17-3-23(4-18-29)7-21-31(35)33-27-13-9-25(10-14-27)26-11-15-28(16-12-26)34-32(36)22-8-24-5-19-30(38-2)20-6-24/h3-22H,1-2H3,(H,33,35)(H,34,36). The van der Waals surface area contributed by atoms with E-state index in [4.69, 9.17) is 9.47 Å². The number of hydrogen-bond donors (Lipinski definition) is 2. The highest BCUT2D eigenvalue weighted by Gasteiger charge is 2.03. The maximum absolute atomic E-state index is 12.3. The van der Waals surface area contributed by atoms with Crippen LogP contribution < -0.4 is 20.1 Å². The molecule has 0 aromatic heterocycles. The van der Waals surface area contributed by atoms with Crippen molar-refractivity contribution in [2.24, 2.45) is 0 Å². The van der Waals surface area contributed by atoms with Gasteiger partial charge in [0.15, 0.2) is 0 Å². The molecule has 0 radical (unpaired) electrons. The highest BCUT2D eigenvalue weighted by Crippen LogP contribution is 2.23. The van der Waals surface area contributed by atoms with Gasteiger partial charge in [0.2, 0.25) is 11.8 Å². The van der Waals surface area contributed by atoms with Crippen molar-refractivity contribution in [2.45, 2.75) is 0 Å². The van der Waals surface area contributed by atoms with Gasteiger partial charge < -0.3 is 20.1 Å². The van der Waals surface area contributed by atoms with Crippen LogP contribution in [0.15, 0.2) is 109 Å². The molecule has 0 saturated carbocycles. The Morgan fingerprint density at radius 3 is 1.18 bits per heavy atom. The lowest BCUT2D eigenvalue weighted by atomic mass is 10.0. The predicted octanol–water partition coefficient (Wildman–Crippen LogP) is 6.67. The van der Waals surface area contributed by atoms with Gasteiger partial charge in [-0.1, -0.05) is 48.5 Å². The number of methoxy groups -OCH3 is 2. The molecular formula is C32H28N2O4. The molecule has 0 aliphatic heterocycles. The lowest BCUT2D eigenvalue weighted by Gasteiger charge is -2.07. The van der Waals surface area contributed by atoms with Crippen LogP contribution in [0.3, 0.4) is 0 Å². The van der Waals surface area contributed by atoms with E-state index in [1.807, 2.05) is 97.1 Å². The summed E-state index contributed by atoms with van der Waals surface area (Å²) in [6, 6.07) is 30.1. The maximum Gasteiger partial charge on any atom is 0.248 e. The van der Waals surface area contributed by atoms with E-state index >= 15 is 0 Å². The predicted molar refractivity (Wildman–Crippen MR) is 153 cm³/mol. The summed E-state index contributed by atoms with van der Waals surface area (Å²) in [6.45, 7) is 0. The molecule has 0 unspecified atom stereocenters. The second-order valence-electron chi connectivity index (χ2n) is 8.35. The number of nitrogens with one attached hydrogen (secondary N) is 2. The second-order valence-corrected chi connectivity index (χ2v) is 8.35. The topological polar surface area (TPSA) is 76.7 Å². The Labute approximate surface area is 222 Å². The van der Waals surface area contributed by atoms with E-state index in [1.165, 1.54) is 12.2 Å². The minimum absolute atomic E-state index is 0.213. The van der Waals surface area contributed by atoms with Crippen LogP contribution in [0.5, 0.6) is 11.5 Å². The van der Waals surface area contributed by atoms with E-state index in [-0.39, 0.29) is 11.8 Å². The van der Waals surface area contributed by atoms with Crippen molar-refractivity contribution in [3.05, 3.63) is 120 Å². The van der Waals surface area contributed by atoms with Crippen LogP contribution in [0.2, 0.25) is 0 Å². The molecule has 0 aliphatic carbocycles. The normalized spacial score (nSPS) is 10.9. The number of ether oxygens (including phenoxy) is 2. The molecule has 38 heavy (non-hydrogen) atoms. The highest BCUT2D eigenvalue weighted by atomic mass is 16.5. The zero-order valence-corrected chi connectivity index (χ0v) is 21.2. The lowest BCUT2D eigenvalue weighted by Crippen LogP contribution is -2.07. The van der Waals surface area contributed by atoms with Gasteiger partial charge in [0, 0.05) is 23.5 Å². The number of amides is 2. The van der Waals surface area contributed by atoms with Gasteiger partial charge in [-0.25, -0.2) is 0 Å². The van der Waals surface area contributed by atoms with E-state index < -0.39 is 0 Å². The zero-order valence-electron chi connectivity index (χ0n) is 21.2. The fourth-order valence-corrected chi connectivity index (χ4v) is 3.63. The summed E-state index contributed by atoms with van der Waals surface area (Å²) < 4.78 is 10.3. The van der Waals surface area contributed by atoms with Gasteiger partial charge in [-0.15, -0.1) is 0 Å². The Balaban J connectivity index is 1.29. The van der Waals surface area contributed by atoms with E-state index in [0.29, 0.717) is 11.4 Å². The first kappa shape index (κ1) is 26.0. The fourth-order valence-electron chi connectivity index (χ4n) is 3.63. The number of anilines is 2. The van der Waals surface area contributed by atoms with Gasteiger partial charge in [0.1, 0.15) is 11.5 Å². The number of hydrogen-bond acceptors (Lipinski definition) is 4. The molecule has 2 N–H and O–H groups in total. The molecule has 0 aliphatic rings. The third kappa shape index (κ3) is 7.45. The minimum Gasteiger partial charge on any atom is -0.497 e. The van der Waals surface area contributed by atoms with Crippen LogP contribution in [0.1, 0.15) is 11.1 Å². The third-order valence-corrected chi connectivity index (χ3v) is 5.72. The summed E-state index contributed by atoms with van der Waals surface area (Å²) in [5, 5.41) is 5.73. The summed E-state index contributed by atoms with van der Waals surface area (Å²) in [5.41, 5.74) is 5.20. The summed E-state index contributed by atoms with van der Waals surface area (Å²) in [4.78, 5) is 24.6. The number of rotatable bonds is 9. The first-order valence-corrected chi connectivity index (χ1v) is 12.0. The van der Waals surface area contributed by atoms with Crippen LogP contribution >= 0.6 is 0 Å². The Morgan fingerprint density at radius 1 is 0.526 bits per heavy atom. The number of carbonyl (C=O) groups is 2. The molecule has 2 amide bonds. The fraction of sp³-hybridized carbons (Fsp3) is 0.0625. The second kappa shape index (κ2) is 12.7. The minimum atomic E-state index is -0.213. The van der Waals surface area contributed by atoms with Crippen molar-refractivity contribution in [3.63, 3.8) is 0 Å². The number of carbonyl (C=O) groups excluding carboxylic acids is 2. The summed E-state index contributed by atoms with van der Waals surface area (Å²) in [5.74, 6) is 1.11. The molecule has 0 bridgehead atoms. The van der Waals surface area contributed by atoms with Crippen LogP contribution in [-0.4, -0.2) is 26.0 Å². The monoisotopic (exact) mass is 504 g/mol. The van der Waals surface area contributed by atoms with Gasteiger partial charge in [-0.2, -0.15) is 0 Å². The third-order valence-electron chi connectivity index (χ3n) is 5.72. The van der Waals surface area contributed by atoms with Crippen molar-refractivity contribution in [1.29, 1.82) is 0 Å². The van der Waals surface area contributed by atoms with Crippen LogP contribution in [0, 0.1) is 0 Å². The molecule has 6 nitrogen and oxygen atoms in total. The summed E-state index contributed by atoms with van der Waals surface area (Å²) in [6.07, 6.45) is 6.49. The Hall–Kier alpha value is -5.10. The largest absolute Gasteiger partial charge is 0.497 e. The molecule has 0 atom stereocenters. The SMILES string of the molecule is COc1ccc(C=CC(=O)Nc2ccc(-c3ccc(NC(=O)C=Cc4ccc(OC)cc4)cc3)cc2)cc1. The molecule has 4 rings (SSSR count). The van der Waals surface area contributed by atoms with Gasteiger partial charge >= 0.3 is 0 Å². The highest BCUT2D eigenvalue weighted by molar-refractivity contribution is 6.02. The lowest BCUT2D eigenvalue weighted by molar-refractivity contribution is -0.112. The summed E-state index contributed by atoms with van der Waals surface area (Å²) in [7, 11) is 3.23. The number of benzene rings is 4. The van der Waals surface area contributed by atoms with Gasteiger partial charge in [0.05, 0.1) is 14.2 Å². The van der Waals surface area contributed by atoms with Crippen molar-refractivity contribution >= 4 is 35.3 Å². The summed E-state index contributed by atoms with van der Waals surface area (Å²) >= 11 is 0.